The van der Waals surface area contributed by atoms with Crippen LogP contribution in [0.1, 0.15) is 23.9 Å². The smallest absolute Gasteiger partial charge is 0.159 e. The van der Waals surface area contributed by atoms with Crippen LogP contribution in [0.15, 0.2) is 24.3 Å². The summed E-state index contributed by atoms with van der Waals surface area (Å²) in [6.07, 6.45) is 0.685. The average Bonchev–Trinajstić information content (AvgIpc) is 2.31. The number of rotatable bonds is 3. The number of aryl methyl sites for hydroxylation is 2. The first-order valence-electron chi connectivity index (χ1n) is 6.32. The zero-order valence-corrected chi connectivity index (χ0v) is 11.4. The molecule has 0 bridgehead atoms. The maximum atomic E-state index is 13.6. The quantitative estimate of drug-likeness (QED) is 0.922. The Morgan fingerprint density at radius 2 is 1.95 bits per heavy atom. The van der Waals surface area contributed by atoms with Crippen LogP contribution in [0.5, 0.6) is 0 Å². The van der Waals surface area contributed by atoms with Gasteiger partial charge in [-0.25, -0.2) is 14.4 Å². The number of nitrogens with zero attached hydrogens (tertiary/aromatic N) is 2. The van der Waals surface area contributed by atoms with Crippen molar-refractivity contribution in [3.8, 4) is 11.4 Å². The van der Waals surface area contributed by atoms with Gasteiger partial charge in [-0.15, -0.1) is 0 Å². The lowest BCUT2D eigenvalue weighted by molar-refractivity contribution is 0.619. The molecule has 0 amide bonds. The first-order valence-corrected chi connectivity index (χ1v) is 6.32. The van der Waals surface area contributed by atoms with Gasteiger partial charge in [-0.2, -0.15) is 0 Å². The van der Waals surface area contributed by atoms with Gasteiger partial charge in [-0.05, 0) is 38.5 Å². The van der Waals surface area contributed by atoms with Crippen molar-refractivity contribution >= 4 is 0 Å². The molecule has 19 heavy (non-hydrogen) atoms. The van der Waals surface area contributed by atoms with Crippen molar-refractivity contribution < 1.29 is 4.39 Å². The van der Waals surface area contributed by atoms with E-state index in [1.54, 1.807) is 13.0 Å². The van der Waals surface area contributed by atoms with E-state index in [4.69, 9.17) is 5.73 Å². The topological polar surface area (TPSA) is 51.8 Å². The zero-order chi connectivity index (χ0) is 14.0. The van der Waals surface area contributed by atoms with Gasteiger partial charge in [-0.3, -0.25) is 0 Å². The van der Waals surface area contributed by atoms with Crippen LogP contribution in [-0.2, 0) is 6.42 Å². The second kappa shape index (κ2) is 5.45. The van der Waals surface area contributed by atoms with Crippen LogP contribution in [0.2, 0.25) is 0 Å². The highest BCUT2D eigenvalue weighted by molar-refractivity contribution is 5.56. The summed E-state index contributed by atoms with van der Waals surface area (Å²) < 4.78 is 13.6. The lowest BCUT2D eigenvalue weighted by atomic mass is 10.1. The minimum atomic E-state index is -0.239. The molecule has 2 N–H and O–H groups in total. The Kier molecular flexibility index (Phi) is 3.90. The van der Waals surface area contributed by atoms with Gasteiger partial charge in [0.25, 0.3) is 0 Å². The van der Waals surface area contributed by atoms with E-state index in [-0.39, 0.29) is 11.9 Å². The van der Waals surface area contributed by atoms with Crippen LogP contribution in [0.4, 0.5) is 4.39 Å². The van der Waals surface area contributed by atoms with E-state index < -0.39 is 0 Å². The molecule has 0 radical (unpaired) electrons. The summed E-state index contributed by atoms with van der Waals surface area (Å²) in [6, 6.07) is 7.00. The molecule has 0 saturated heterocycles. The van der Waals surface area contributed by atoms with Gasteiger partial charge in [0.05, 0.1) is 0 Å². The lowest BCUT2D eigenvalue weighted by Gasteiger charge is -2.08. The molecule has 2 rings (SSSR count). The van der Waals surface area contributed by atoms with Gasteiger partial charge in [0.1, 0.15) is 5.82 Å². The average molecular weight is 259 g/mol. The Hall–Kier alpha value is -1.81. The van der Waals surface area contributed by atoms with E-state index in [1.165, 1.54) is 6.07 Å². The molecule has 0 aliphatic rings. The Balaban J connectivity index is 2.43. The van der Waals surface area contributed by atoms with E-state index in [1.807, 2.05) is 26.0 Å². The summed E-state index contributed by atoms with van der Waals surface area (Å²) >= 11 is 0. The highest BCUT2D eigenvalue weighted by Crippen LogP contribution is 2.19. The molecule has 1 aromatic heterocycles. The molecular formula is C15H18FN3. The summed E-state index contributed by atoms with van der Waals surface area (Å²) in [5, 5.41) is 0. The molecular weight excluding hydrogens is 241 g/mol. The molecule has 0 saturated carbocycles. The predicted molar refractivity (Wildman–Crippen MR) is 74.3 cm³/mol. The third kappa shape index (κ3) is 3.35. The van der Waals surface area contributed by atoms with Gasteiger partial charge in [0.2, 0.25) is 0 Å². The van der Waals surface area contributed by atoms with Crippen LogP contribution < -0.4 is 5.73 Å². The van der Waals surface area contributed by atoms with Crippen LogP contribution in [-0.4, -0.2) is 16.0 Å². The number of nitrogens with two attached hydrogens (primary N) is 1. The molecule has 0 aliphatic heterocycles. The van der Waals surface area contributed by atoms with Crippen molar-refractivity contribution in [1.29, 1.82) is 0 Å². The van der Waals surface area contributed by atoms with Gasteiger partial charge >= 0.3 is 0 Å². The third-order valence-corrected chi connectivity index (χ3v) is 2.87. The fourth-order valence-electron chi connectivity index (χ4n) is 1.93. The number of hydrogen-bond acceptors (Lipinski definition) is 3. The Labute approximate surface area is 112 Å². The molecule has 2 aromatic rings. The van der Waals surface area contributed by atoms with E-state index in [2.05, 4.69) is 9.97 Å². The maximum absolute atomic E-state index is 13.6. The first kappa shape index (κ1) is 13.6. The largest absolute Gasteiger partial charge is 0.328 e. The van der Waals surface area contributed by atoms with Crippen LogP contribution >= 0.6 is 0 Å². The summed E-state index contributed by atoms with van der Waals surface area (Å²) in [5.74, 6) is 0.311. The van der Waals surface area contributed by atoms with Crippen LogP contribution in [0, 0.1) is 19.7 Å². The SMILES string of the molecule is Cc1cc(CC(C)N)nc(-c2ccc(C)c(F)c2)n1. The van der Waals surface area contributed by atoms with Gasteiger partial charge in [0, 0.05) is 29.4 Å². The van der Waals surface area contributed by atoms with Crippen LogP contribution in [0.25, 0.3) is 11.4 Å². The summed E-state index contributed by atoms with van der Waals surface area (Å²) in [5.41, 5.74) is 8.85. The molecule has 1 unspecified atom stereocenters. The van der Waals surface area contributed by atoms with E-state index >= 15 is 0 Å². The highest BCUT2D eigenvalue weighted by Gasteiger charge is 2.08. The predicted octanol–water partition coefficient (Wildman–Crippen LogP) is 2.79. The molecule has 0 aliphatic carbocycles. The molecule has 4 heteroatoms. The minimum Gasteiger partial charge on any atom is -0.328 e. The number of halogens is 1. The van der Waals surface area contributed by atoms with Crippen molar-refractivity contribution in [2.45, 2.75) is 33.2 Å². The fourth-order valence-corrected chi connectivity index (χ4v) is 1.93. The molecule has 1 atom stereocenters. The normalized spacial score (nSPS) is 12.5. The molecule has 100 valence electrons. The van der Waals surface area contributed by atoms with Gasteiger partial charge < -0.3 is 5.73 Å². The highest BCUT2D eigenvalue weighted by atomic mass is 19.1. The molecule has 3 nitrogen and oxygen atoms in total. The van der Waals surface area contributed by atoms with Gasteiger partial charge in [-0.1, -0.05) is 12.1 Å². The third-order valence-electron chi connectivity index (χ3n) is 2.87. The first-order chi connectivity index (χ1) is 8.95. The summed E-state index contributed by atoms with van der Waals surface area (Å²) in [6.45, 7) is 5.57. The Morgan fingerprint density at radius 1 is 1.21 bits per heavy atom. The zero-order valence-electron chi connectivity index (χ0n) is 11.4. The molecule has 1 heterocycles. The fraction of sp³-hybridized carbons (Fsp3) is 0.333. The van der Waals surface area contributed by atoms with Crippen molar-refractivity contribution in [1.82, 2.24) is 9.97 Å². The monoisotopic (exact) mass is 259 g/mol. The van der Waals surface area contributed by atoms with Crippen molar-refractivity contribution in [3.05, 3.63) is 47.0 Å². The minimum absolute atomic E-state index is 0.0388. The van der Waals surface area contributed by atoms with Crippen molar-refractivity contribution in [2.75, 3.05) is 0 Å². The van der Waals surface area contributed by atoms with E-state index in [0.29, 0.717) is 23.4 Å². The second-order valence-electron chi connectivity index (χ2n) is 4.97. The van der Waals surface area contributed by atoms with Crippen LogP contribution in [0.3, 0.4) is 0 Å². The van der Waals surface area contributed by atoms with E-state index in [0.717, 1.165) is 11.4 Å². The Morgan fingerprint density at radius 3 is 2.58 bits per heavy atom. The number of aromatic nitrogens is 2. The number of benzene rings is 1. The van der Waals surface area contributed by atoms with Crippen molar-refractivity contribution in [3.63, 3.8) is 0 Å². The summed E-state index contributed by atoms with van der Waals surface area (Å²) in [7, 11) is 0. The van der Waals surface area contributed by atoms with E-state index in [9.17, 15) is 4.39 Å². The standard InChI is InChI=1S/C15H18FN3/c1-9-4-5-12(8-14(9)16)15-18-11(3)7-13(19-15)6-10(2)17/h4-5,7-8,10H,6,17H2,1-3H3. The molecule has 0 fully saturated rings. The molecule has 1 aromatic carbocycles. The van der Waals surface area contributed by atoms with Crippen molar-refractivity contribution in [2.24, 2.45) is 5.73 Å². The lowest BCUT2D eigenvalue weighted by Crippen LogP contribution is -2.19. The maximum Gasteiger partial charge on any atom is 0.159 e. The number of hydrogen-bond donors (Lipinski definition) is 1. The second-order valence-corrected chi connectivity index (χ2v) is 4.97. The van der Waals surface area contributed by atoms with Gasteiger partial charge in [0.15, 0.2) is 5.82 Å². The Bertz CT molecular complexity index is 594. The molecule has 0 spiro atoms. The summed E-state index contributed by atoms with van der Waals surface area (Å²) in [4.78, 5) is 8.82.